The normalized spacial score (nSPS) is 11.6. The lowest BCUT2D eigenvalue weighted by atomic mass is 10.1. The van der Waals surface area contributed by atoms with E-state index in [-0.39, 0.29) is 23.3 Å². The molecule has 1 aromatic heterocycles. The van der Waals surface area contributed by atoms with Gasteiger partial charge in [-0.3, -0.25) is 14.2 Å². The van der Waals surface area contributed by atoms with Crippen LogP contribution in [-0.2, 0) is 11.3 Å². The third-order valence-corrected chi connectivity index (χ3v) is 5.58. The van der Waals surface area contributed by atoms with Gasteiger partial charge in [-0.25, -0.2) is 0 Å². The van der Waals surface area contributed by atoms with Crippen LogP contribution in [0.15, 0.2) is 66.3 Å². The van der Waals surface area contributed by atoms with Crippen LogP contribution >= 0.6 is 11.8 Å². The molecule has 32 heavy (non-hydrogen) atoms. The van der Waals surface area contributed by atoms with Gasteiger partial charge in [-0.05, 0) is 37.6 Å². The minimum absolute atomic E-state index is 0.0788. The first kappa shape index (κ1) is 23.1. The number of rotatable bonds is 10. The molecule has 0 aliphatic carbocycles. The lowest BCUT2D eigenvalue weighted by Crippen LogP contribution is -2.19. The van der Waals surface area contributed by atoms with E-state index in [9.17, 15) is 9.59 Å². The molecule has 2 aromatic carbocycles. The van der Waals surface area contributed by atoms with Gasteiger partial charge in [-0.2, -0.15) is 0 Å². The molecule has 0 fully saturated rings. The van der Waals surface area contributed by atoms with Crippen LogP contribution in [0.4, 0.5) is 5.69 Å². The van der Waals surface area contributed by atoms with E-state index in [1.54, 1.807) is 30.3 Å². The first-order chi connectivity index (χ1) is 15.4. The lowest BCUT2D eigenvalue weighted by Gasteiger charge is -2.17. The van der Waals surface area contributed by atoms with Crippen molar-refractivity contribution in [3.05, 3.63) is 78.1 Å². The van der Waals surface area contributed by atoms with Crippen LogP contribution in [0.5, 0.6) is 5.75 Å². The zero-order valence-electron chi connectivity index (χ0n) is 17.9. The van der Waals surface area contributed by atoms with Crippen molar-refractivity contribution in [2.45, 2.75) is 31.7 Å². The number of carbonyl (C=O) groups is 2. The molecule has 3 rings (SSSR count). The molecule has 0 saturated carbocycles. The van der Waals surface area contributed by atoms with Crippen molar-refractivity contribution >= 4 is 29.3 Å². The monoisotopic (exact) mass is 451 g/mol. The van der Waals surface area contributed by atoms with Gasteiger partial charge in [0.1, 0.15) is 5.75 Å². The van der Waals surface area contributed by atoms with Crippen molar-refractivity contribution < 1.29 is 14.3 Å². The molecular formula is C23H25N5O3S. The van der Waals surface area contributed by atoms with E-state index < -0.39 is 5.91 Å². The van der Waals surface area contributed by atoms with Gasteiger partial charge in [-0.1, -0.05) is 48.2 Å². The van der Waals surface area contributed by atoms with Crippen LogP contribution in [0, 0.1) is 6.92 Å². The molecule has 9 heteroatoms. The van der Waals surface area contributed by atoms with Gasteiger partial charge in [0.2, 0.25) is 5.91 Å². The SMILES string of the molecule is C=CCn1c(SCC(=O)Nc2ccccc2C(N)=O)nnc1C(C)Oc1ccccc1C. The largest absolute Gasteiger partial charge is 0.482 e. The summed E-state index contributed by atoms with van der Waals surface area (Å²) in [5, 5.41) is 11.8. The molecule has 0 saturated heterocycles. The number of allylic oxidation sites excluding steroid dienone is 1. The second-order valence-electron chi connectivity index (χ2n) is 7.01. The molecule has 166 valence electrons. The maximum Gasteiger partial charge on any atom is 0.250 e. The van der Waals surface area contributed by atoms with E-state index in [1.165, 1.54) is 11.8 Å². The van der Waals surface area contributed by atoms with Crippen molar-refractivity contribution in [2.75, 3.05) is 11.1 Å². The number of nitrogens with one attached hydrogen (secondary N) is 1. The van der Waals surface area contributed by atoms with Gasteiger partial charge >= 0.3 is 0 Å². The summed E-state index contributed by atoms with van der Waals surface area (Å²) < 4.78 is 7.95. The van der Waals surface area contributed by atoms with E-state index in [2.05, 4.69) is 22.1 Å². The molecule has 0 aliphatic rings. The number of aryl methyl sites for hydroxylation is 1. The first-order valence-electron chi connectivity index (χ1n) is 9.98. The predicted molar refractivity (Wildman–Crippen MR) is 125 cm³/mol. The predicted octanol–water partition coefficient (Wildman–Crippen LogP) is 3.74. The van der Waals surface area contributed by atoms with Gasteiger partial charge in [-0.15, -0.1) is 16.8 Å². The highest BCUT2D eigenvalue weighted by Gasteiger charge is 2.20. The molecule has 1 unspecified atom stereocenters. The molecule has 0 bridgehead atoms. The van der Waals surface area contributed by atoms with Crippen LogP contribution in [0.1, 0.15) is 34.8 Å². The van der Waals surface area contributed by atoms with Gasteiger partial charge in [0.15, 0.2) is 17.1 Å². The fourth-order valence-electron chi connectivity index (χ4n) is 3.06. The Morgan fingerprint density at radius 1 is 1.22 bits per heavy atom. The molecule has 8 nitrogen and oxygen atoms in total. The summed E-state index contributed by atoms with van der Waals surface area (Å²) in [6.45, 7) is 8.15. The number of carbonyl (C=O) groups excluding carboxylic acids is 2. The Hall–Kier alpha value is -3.59. The summed E-state index contributed by atoms with van der Waals surface area (Å²) in [6.07, 6.45) is 1.38. The third kappa shape index (κ3) is 5.55. The van der Waals surface area contributed by atoms with Gasteiger partial charge in [0.05, 0.1) is 17.0 Å². The number of thioether (sulfide) groups is 1. The molecule has 3 aromatic rings. The molecule has 3 N–H and O–H groups in total. The van der Waals surface area contributed by atoms with E-state index >= 15 is 0 Å². The van der Waals surface area contributed by atoms with E-state index in [0.29, 0.717) is 23.2 Å². The molecule has 0 spiro atoms. The molecular weight excluding hydrogens is 426 g/mol. The molecule has 1 atom stereocenters. The Bertz CT molecular complexity index is 1130. The number of nitrogens with two attached hydrogens (primary N) is 1. The summed E-state index contributed by atoms with van der Waals surface area (Å²) >= 11 is 1.23. The van der Waals surface area contributed by atoms with Crippen LogP contribution < -0.4 is 15.8 Å². The average molecular weight is 452 g/mol. The molecule has 2 amide bonds. The summed E-state index contributed by atoms with van der Waals surface area (Å²) in [5.74, 6) is 0.592. The van der Waals surface area contributed by atoms with E-state index in [1.807, 2.05) is 42.7 Å². The minimum Gasteiger partial charge on any atom is -0.482 e. The Morgan fingerprint density at radius 2 is 1.94 bits per heavy atom. The quantitative estimate of drug-likeness (QED) is 0.359. The van der Waals surface area contributed by atoms with Gasteiger partial charge in [0.25, 0.3) is 5.91 Å². The number of nitrogens with zero attached hydrogens (tertiary/aromatic N) is 3. The van der Waals surface area contributed by atoms with E-state index in [0.717, 1.165) is 11.3 Å². The van der Waals surface area contributed by atoms with Crippen molar-refractivity contribution in [1.82, 2.24) is 14.8 Å². The average Bonchev–Trinajstić information content (AvgIpc) is 3.17. The number of amides is 2. The number of benzene rings is 2. The maximum absolute atomic E-state index is 12.5. The Morgan fingerprint density at radius 3 is 2.66 bits per heavy atom. The summed E-state index contributed by atoms with van der Waals surface area (Å²) in [4.78, 5) is 24.0. The van der Waals surface area contributed by atoms with Gasteiger partial charge in [0, 0.05) is 6.54 Å². The Kier molecular flexibility index (Phi) is 7.67. The second kappa shape index (κ2) is 10.6. The first-order valence-corrected chi connectivity index (χ1v) is 11.0. The summed E-state index contributed by atoms with van der Waals surface area (Å²) in [5.41, 5.74) is 7.02. The zero-order chi connectivity index (χ0) is 23.1. The third-order valence-electron chi connectivity index (χ3n) is 4.62. The molecule has 0 radical (unpaired) electrons. The highest BCUT2D eigenvalue weighted by Crippen LogP contribution is 2.26. The van der Waals surface area contributed by atoms with Crippen molar-refractivity contribution in [3.8, 4) is 5.75 Å². The van der Waals surface area contributed by atoms with Crippen LogP contribution in [0.3, 0.4) is 0 Å². The second-order valence-corrected chi connectivity index (χ2v) is 7.95. The number of hydrogen-bond acceptors (Lipinski definition) is 6. The minimum atomic E-state index is -0.605. The smallest absolute Gasteiger partial charge is 0.250 e. The van der Waals surface area contributed by atoms with Crippen molar-refractivity contribution in [3.63, 3.8) is 0 Å². The number of aromatic nitrogens is 3. The van der Waals surface area contributed by atoms with Crippen LogP contribution in [-0.4, -0.2) is 32.3 Å². The zero-order valence-corrected chi connectivity index (χ0v) is 18.8. The van der Waals surface area contributed by atoms with Gasteiger partial charge < -0.3 is 15.8 Å². The fraction of sp³-hybridized carbons (Fsp3) is 0.217. The highest BCUT2D eigenvalue weighted by molar-refractivity contribution is 7.99. The lowest BCUT2D eigenvalue weighted by molar-refractivity contribution is -0.113. The number of primary amides is 1. The number of hydrogen-bond donors (Lipinski definition) is 2. The van der Waals surface area contributed by atoms with Crippen molar-refractivity contribution in [2.24, 2.45) is 5.73 Å². The summed E-state index contributed by atoms with van der Waals surface area (Å²) in [7, 11) is 0. The fourth-order valence-corrected chi connectivity index (χ4v) is 3.82. The molecule has 1 heterocycles. The van der Waals surface area contributed by atoms with Crippen LogP contribution in [0.25, 0.3) is 0 Å². The number of anilines is 1. The number of ether oxygens (including phenoxy) is 1. The van der Waals surface area contributed by atoms with Crippen molar-refractivity contribution in [1.29, 1.82) is 0 Å². The Balaban J connectivity index is 1.70. The van der Waals surface area contributed by atoms with Crippen LogP contribution in [0.2, 0.25) is 0 Å². The standard InChI is InChI=1S/C23H25N5O3S/c1-4-13-28-22(16(3)31-19-12-8-5-9-15(19)2)26-27-23(28)32-14-20(29)25-18-11-7-6-10-17(18)21(24)30/h4-12,16H,1,13-14H2,2-3H3,(H2,24,30)(H,25,29). The maximum atomic E-state index is 12.5. The molecule has 0 aliphatic heterocycles. The topological polar surface area (TPSA) is 112 Å². The summed E-state index contributed by atoms with van der Waals surface area (Å²) in [6, 6.07) is 14.4. The van der Waals surface area contributed by atoms with E-state index in [4.69, 9.17) is 10.5 Å². The highest BCUT2D eigenvalue weighted by atomic mass is 32.2. The Labute approximate surface area is 190 Å². The number of para-hydroxylation sites is 2.